The number of piperazine rings is 1. The summed E-state index contributed by atoms with van der Waals surface area (Å²) >= 11 is 12.7. The van der Waals surface area contributed by atoms with Gasteiger partial charge in [-0.1, -0.05) is 23.2 Å². The molecule has 1 saturated carbocycles. The molecule has 0 bridgehead atoms. The zero-order valence-corrected chi connectivity index (χ0v) is 24.6. The van der Waals surface area contributed by atoms with Gasteiger partial charge in [0.05, 0.1) is 21.3 Å². The van der Waals surface area contributed by atoms with Crippen molar-refractivity contribution in [2.45, 2.75) is 65.5 Å². The normalized spacial score (nSPS) is 24.2. The Balaban J connectivity index is 1.32. The summed E-state index contributed by atoms with van der Waals surface area (Å²) in [6.45, 7) is 10.2. The van der Waals surface area contributed by atoms with E-state index in [9.17, 15) is 14.7 Å². The van der Waals surface area contributed by atoms with Crippen LogP contribution in [0.25, 0.3) is 10.9 Å². The molecule has 4 heterocycles. The first-order chi connectivity index (χ1) is 18.8. The predicted octanol–water partition coefficient (Wildman–Crippen LogP) is 5.99. The minimum absolute atomic E-state index is 0.197. The van der Waals surface area contributed by atoms with Crippen LogP contribution in [0.1, 0.15) is 46.6 Å². The topological polar surface area (TPSA) is 78.2 Å². The van der Waals surface area contributed by atoms with Crippen LogP contribution in [0, 0.1) is 5.92 Å². The molecule has 1 aliphatic carbocycles. The molecule has 3 unspecified atom stereocenters. The number of amides is 1. The maximum absolute atomic E-state index is 13.8. The van der Waals surface area contributed by atoms with Gasteiger partial charge in [-0.25, -0.2) is 4.79 Å². The van der Waals surface area contributed by atoms with Gasteiger partial charge < -0.3 is 24.5 Å². The number of hydrogen-bond acceptors (Lipinski definition) is 6. The quantitative estimate of drug-likeness (QED) is 0.479. The first kappa shape index (κ1) is 27.0. The summed E-state index contributed by atoms with van der Waals surface area (Å²) in [5, 5.41) is 12.7. The third-order valence-corrected chi connectivity index (χ3v) is 8.56. The molecule has 4 aliphatic rings. The smallest absolute Gasteiger partial charge is 0.419 e. The number of fused-ring (bicyclic) bond motifs is 3. The average Bonchev–Trinajstić information content (AvgIpc) is 3.58. The predicted molar refractivity (Wildman–Crippen MR) is 154 cm³/mol. The van der Waals surface area contributed by atoms with Crippen molar-refractivity contribution >= 4 is 46.1 Å². The van der Waals surface area contributed by atoms with Crippen LogP contribution in [0.2, 0.25) is 10.0 Å². The van der Waals surface area contributed by atoms with Gasteiger partial charge in [0, 0.05) is 49.0 Å². The highest BCUT2D eigenvalue weighted by atomic mass is 35.5. The third-order valence-electron chi connectivity index (χ3n) is 7.84. The lowest BCUT2D eigenvalue weighted by molar-refractivity contribution is -0.138. The first-order valence-corrected chi connectivity index (χ1v) is 14.1. The standard InChI is InChI=1S/C30H32Cl2N4O4/c1-16-11-33(13-18-8-20(16)18)24-6-7-25-28(38)34(17(2)12-35(25)27(24)37)14-19-15-36(29(39)40-30(3,4)5)26-10-23(32)22(31)9-21(19)26/h6-7,9-11,13,15,17,20,27,37H,8,12,14H2,1-5H3. The van der Waals surface area contributed by atoms with Gasteiger partial charge in [-0.05, 0) is 82.0 Å². The molecular formula is C30H32Cl2N4O4. The van der Waals surface area contributed by atoms with Crippen LogP contribution < -0.4 is 0 Å². The lowest BCUT2D eigenvalue weighted by Gasteiger charge is -2.46. The number of halogens is 2. The Kier molecular flexibility index (Phi) is 6.36. The van der Waals surface area contributed by atoms with E-state index >= 15 is 0 Å². The highest BCUT2D eigenvalue weighted by molar-refractivity contribution is 6.42. The van der Waals surface area contributed by atoms with Gasteiger partial charge in [0.25, 0.3) is 5.91 Å². The molecule has 1 N–H and O–H groups in total. The van der Waals surface area contributed by atoms with E-state index in [-0.39, 0.29) is 18.5 Å². The van der Waals surface area contributed by atoms with E-state index in [1.165, 1.54) is 15.7 Å². The molecule has 0 spiro atoms. The Morgan fingerprint density at radius 1 is 1.15 bits per heavy atom. The molecule has 10 heteroatoms. The monoisotopic (exact) mass is 582 g/mol. The summed E-state index contributed by atoms with van der Waals surface area (Å²) in [5.41, 5.74) is 4.40. The number of benzene rings is 1. The summed E-state index contributed by atoms with van der Waals surface area (Å²) in [6.07, 6.45) is 9.02. The molecule has 40 heavy (non-hydrogen) atoms. The summed E-state index contributed by atoms with van der Waals surface area (Å²) in [4.78, 5) is 32.3. The number of carbonyl (C=O) groups excluding carboxylic acids is 2. The van der Waals surface area contributed by atoms with Gasteiger partial charge in [-0.3, -0.25) is 9.36 Å². The minimum Gasteiger partial charge on any atom is -0.443 e. The Morgan fingerprint density at radius 2 is 1.88 bits per heavy atom. The molecule has 3 aliphatic heterocycles. The summed E-state index contributed by atoms with van der Waals surface area (Å²) in [7, 11) is 0. The SMILES string of the molecule is CC1=CN(C2=CC=C3C(=O)N(Cc4cn(C(=O)OC(C)(C)C)c5cc(Cl)c(Cl)cc45)C(C)CN3C2O)C=C2CC12. The van der Waals surface area contributed by atoms with Gasteiger partial charge in [-0.15, -0.1) is 0 Å². The van der Waals surface area contributed by atoms with Crippen molar-refractivity contribution in [2.75, 3.05) is 6.54 Å². The number of carbonyl (C=O) groups is 2. The van der Waals surface area contributed by atoms with Crippen LogP contribution in [0.4, 0.5) is 4.79 Å². The zero-order valence-electron chi connectivity index (χ0n) is 23.1. The molecule has 2 fully saturated rings. The van der Waals surface area contributed by atoms with E-state index in [0.29, 0.717) is 39.1 Å². The Labute approximate surface area is 243 Å². The largest absolute Gasteiger partial charge is 0.443 e. The zero-order chi connectivity index (χ0) is 28.7. The second-order valence-corrected chi connectivity index (χ2v) is 12.8. The van der Waals surface area contributed by atoms with E-state index in [4.69, 9.17) is 27.9 Å². The van der Waals surface area contributed by atoms with Crippen molar-refractivity contribution in [1.82, 2.24) is 19.3 Å². The molecule has 0 radical (unpaired) electrons. The molecule has 2 aromatic rings. The van der Waals surface area contributed by atoms with Crippen LogP contribution in [-0.2, 0) is 16.1 Å². The van der Waals surface area contributed by atoms with Gasteiger partial charge in [0.15, 0.2) is 6.23 Å². The number of allylic oxidation sites excluding steroid dienone is 4. The maximum Gasteiger partial charge on any atom is 0.419 e. The number of nitrogens with zero attached hydrogens (tertiary/aromatic N) is 4. The number of aliphatic hydroxyl groups is 1. The number of aliphatic hydroxyl groups excluding tert-OH is 1. The van der Waals surface area contributed by atoms with Crippen LogP contribution in [0.15, 0.2) is 65.4 Å². The van der Waals surface area contributed by atoms with Crippen molar-refractivity contribution in [3.63, 3.8) is 0 Å². The van der Waals surface area contributed by atoms with Crippen molar-refractivity contribution in [1.29, 1.82) is 0 Å². The van der Waals surface area contributed by atoms with Gasteiger partial charge >= 0.3 is 6.09 Å². The number of rotatable bonds is 3. The average molecular weight is 584 g/mol. The van der Waals surface area contributed by atoms with E-state index in [2.05, 4.69) is 19.3 Å². The summed E-state index contributed by atoms with van der Waals surface area (Å²) in [5.74, 6) is 0.346. The van der Waals surface area contributed by atoms with Crippen LogP contribution >= 0.6 is 23.2 Å². The lowest BCUT2D eigenvalue weighted by atomic mass is 10.0. The number of aromatic nitrogens is 1. The number of ether oxygens (including phenoxy) is 1. The first-order valence-electron chi connectivity index (χ1n) is 13.4. The Bertz CT molecular complexity index is 1580. The third kappa shape index (κ3) is 4.62. The molecule has 6 rings (SSSR count). The van der Waals surface area contributed by atoms with E-state index < -0.39 is 17.9 Å². The van der Waals surface area contributed by atoms with Crippen molar-refractivity contribution < 1.29 is 19.4 Å². The van der Waals surface area contributed by atoms with Gasteiger partial charge in [-0.2, -0.15) is 0 Å². The van der Waals surface area contributed by atoms with Gasteiger partial charge in [0.2, 0.25) is 0 Å². The Morgan fingerprint density at radius 3 is 2.58 bits per heavy atom. The number of hydrogen-bond donors (Lipinski definition) is 1. The van der Waals surface area contributed by atoms with E-state index in [1.54, 1.807) is 55.0 Å². The lowest BCUT2D eigenvalue weighted by Crippen LogP contribution is -2.57. The van der Waals surface area contributed by atoms with Crippen LogP contribution in [0.5, 0.6) is 0 Å². The van der Waals surface area contributed by atoms with E-state index in [1.807, 2.05) is 17.9 Å². The maximum atomic E-state index is 13.8. The highest BCUT2D eigenvalue weighted by Crippen LogP contribution is 2.47. The second-order valence-electron chi connectivity index (χ2n) is 12.0. The van der Waals surface area contributed by atoms with Crippen molar-refractivity contribution in [3.05, 3.63) is 81.0 Å². The fourth-order valence-electron chi connectivity index (χ4n) is 5.71. The molecule has 1 saturated heterocycles. The van der Waals surface area contributed by atoms with Crippen LogP contribution in [0.3, 0.4) is 0 Å². The molecular weight excluding hydrogens is 551 g/mol. The molecule has 1 amide bonds. The van der Waals surface area contributed by atoms with E-state index in [0.717, 1.165) is 17.7 Å². The highest BCUT2D eigenvalue weighted by Gasteiger charge is 2.42. The molecule has 1 aromatic carbocycles. The fourth-order valence-corrected chi connectivity index (χ4v) is 6.04. The summed E-state index contributed by atoms with van der Waals surface area (Å²) < 4.78 is 7.02. The minimum atomic E-state index is -0.945. The van der Waals surface area contributed by atoms with Gasteiger partial charge in [0.1, 0.15) is 11.3 Å². The fraction of sp³-hybridized carbons (Fsp3) is 0.400. The van der Waals surface area contributed by atoms with Crippen LogP contribution in [-0.4, -0.2) is 60.8 Å². The van der Waals surface area contributed by atoms with Crippen molar-refractivity contribution in [3.8, 4) is 0 Å². The molecule has 3 atom stereocenters. The second kappa shape index (κ2) is 9.43. The molecule has 210 valence electrons. The summed E-state index contributed by atoms with van der Waals surface area (Å²) in [6, 6.07) is 3.14. The Hall–Kier alpha value is -3.20. The molecule has 1 aromatic heterocycles. The molecule has 8 nitrogen and oxygen atoms in total. The van der Waals surface area contributed by atoms with Crippen molar-refractivity contribution in [2.24, 2.45) is 5.92 Å².